The van der Waals surface area contributed by atoms with Gasteiger partial charge in [0, 0.05) is 0 Å². The molecule has 0 unspecified atom stereocenters. The highest BCUT2D eigenvalue weighted by molar-refractivity contribution is 5.51. The highest BCUT2D eigenvalue weighted by Gasteiger charge is 2.08. The van der Waals surface area contributed by atoms with Crippen molar-refractivity contribution >= 4 is 0 Å². The van der Waals surface area contributed by atoms with E-state index in [0.717, 1.165) is 17.0 Å². The van der Waals surface area contributed by atoms with Gasteiger partial charge in [-0.3, -0.25) is 0 Å². The van der Waals surface area contributed by atoms with Gasteiger partial charge >= 0.3 is 5.82 Å². The van der Waals surface area contributed by atoms with E-state index < -0.39 is 0 Å². The molecule has 17 heavy (non-hydrogen) atoms. The smallest absolute Gasteiger partial charge is 0.249 e. The molecular formula is C10H10N7+. The quantitative estimate of drug-likeness (QED) is 0.679. The topological polar surface area (TPSA) is 86.4 Å². The molecule has 3 aromatic rings. The molecule has 7 heteroatoms. The number of aromatic amines is 2. The van der Waals surface area contributed by atoms with Crippen LogP contribution in [0.3, 0.4) is 0 Å². The zero-order valence-corrected chi connectivity index (χ0v) is 8.91. The lowest BCUT2D eigenvalue weighted by atomic mass is 10.1. The van der Waals surface area contributed by atoms with Gasteiger partial charge in [-0.15, -0.1) is 0 Å². The number of tetrazole rings is 1. The molecule has 0 fully saturated rings. The first-order valence-corrected chi connectivity index (χ1v) is 5.12. The molecule has 2 N–H and O–H groups in total. The second kappa shape index (κ2) is 4.12. The predicted octanol–water partition coefficient (Wildman–Crippen LogP) is -0.0744. The minimum Gasteiger partial charge on any atom is -0.249 e. The van der Waals surface area contributed by atoms with Crippen LogP contribution in [0.2, 0.25) is 0 Å². The van der Waals surface area contributed by atoms with Crippen molar-refractivity contribution in [1.82, 2.24) is 30.3 Å². The molecular weight excluding hydrogens is 218 g/mol. The minimum absolute atomic E-state index is 0.711. The third-order valence-corrected chi connectivity index (χ3v) is 2.41. The van der Waals surface area contributed by atoms with Crippen LogP contribution in [0, 0.1) is 0 Å². The molecule has 0 bridgehead atoms. The average molecular weight is 228 g/mol. The summed E-state index contributed by atoms with van der Waals surface area (Å²) in [4.78, 5) is 3.90. The fourth-order valence-electron chi connectivity index (χ4n) is 1.58. The first-order chi connectivity index (χ1) is 8.42. The largest absolute Gasteiger partial charge is 0.329 e. The van der Waals surface area contributed by atoms with Gasteiger partial charge < -0.3 is 0 Å². The summed E-state index contributed by atoms with van der Waals surface area (Å²) in [7, 11) is 0. The molecule has 0 spiro atoms. The summed E-state index contributed by atoms with van der Waals surface area (Å²) in [6.45, 7) is 0.711. The zero-order valence-electron chi connectivity index (χ0n) is 8.91. The Hall–Kier alpha value is -2.57. The number of nitrogens with one attached hydrogen (secondary N) is 2. The second-order valence-electron chi connectivity index (χ2n) is 3.58. The van der Waals surface area contributed by atoms with Crippen LogP contribution in [-0.2, 0) is 6.54 Å². The third-order valence-electron chi connectivity index (χ3n) is 2.41. The summed E-state index contributed by atoms with van der Waals surface area (Å²) in [5.41, 5.74) is 2.14. The second-order valence-corrected chi connectivity index (χ2v) is 3.58. The highest BCUT2D eigenvalue weighted by Crippen LogP contribution is 2.12. The molecule has 0 atom stereocenters. The highest BCUT2D eigenvalue weighted by atomic mass is 15.5. The maximum Gasteiger partial charge on any atom is 0.329 e. The first kappa shape index (κ1) is 9.64. The van der Waals surface area contributed by atoms with Gasteiger partial charge in [0.15, 0.2) is 5.21 Å². The van der Waals surface area contributed by atoms with E-state index in [1.165, 1.54) is 6.33 Å². The number of hydrogen-bond acceptors (Lipinski definition) is 4. The van der Waals surface area contributed by atoms with Crippen molar-refractivity contribution in [2.45, 2.75) is 6.54 Å². The molecule has 0 saturated carbocycles. The van der Waals surface area contributed by atoms with E-state index in [1.54, 1.807) is 11.0 Å². The molecule has 0 radical (unpaired) electrons. The molecule has 0 amide bonds. The van der Waals surface area contributed by atoms with Crippen LogP contribution < -0.4 is 5.10 Å². The Kier molecular flexibility index (Phi) is 2.34. The minimum atomic E-state index is 0.711. The average Bonchev–Trinajstić information content (AvgIpc) is 3.01. The van der Waals surface area contributed by atoms with E-state index in [-0.39, 0.29) is 0 Å². The van der Waals surface area contributed by atoms with Crippen LogP contribution in [0.15, 0.2) is 36.9 Å². The predicted molar refractivity (Wildman–Crippen MR) is 57.5 cm³/mol. The normalized spacial score (nSPS) is 10.6. The SMILES string of the molecule is c1ncn(Cc2ccc(-c3nn[nH][nH+]3)cc2)n1. The summed E-state index contributed by atoms with van der Waals surface area (Å²) in [5, 5.41) is 17.0. The number of benzene rings is 1. The lowest BCUT2D eigenvalue weighted by Crippen LogP contribution is -2.05. The summed E-state index contributed by atoms with van der Waals surface area (Å²) in [5.74, 6) is 0.720. The van der Waals surface area contributed by atoms with E-state index in [2.05, 4.69) is 30.7 Å². The lowest BCUT2D eigenvalue weighted by Gasteiger charge is -2.00. The van der Waals surface area contributed by atoms with Gasteiger partial charge in [0.25, 0.3) is 0 Å². The zero-order chi connectivity index (χ0) is 11.5. The number of nitrogens with zero attached hydrogens (tertiary/aromatic N) is 5. The van der Waals surface area contributed by atoms with Crippen LogP contribution in [0.5, 0.6) is 0 Å². The fourth-order valence-corrected chi connectivity index (χ4v) is 1.58. The molecule has 0 saturated heterocycles. The fraction of sp³-hybridized carbons (Fsp3) is 0.100. The van der Waals surface area contributed by atoms with Crippen molar-refractivity contribution in [2.75, 3.05) is 0 Å². The van der Waals surface area contributed by atoms with E-state index in [4.69, 9.17) is 0 Å². The number of hydrogen-bond donors (Lipinski definition) is 1. The Labute approximate surface area is 96.5 Å². The molecule has 2 aromatic heterocycles. The van der Waals surface area contributed by atoms with Crippen LogP contribution in [0.4, 0.5) is 0 Å². The summed E-state index contributed by atoms with van der Waals surface area (Å²) >= 11 is 0. The van der Waals surface area contributed by atoms with Crippen LogP contribution in [-0.4, -0.2) is 30.3 Å². The third kappa shape index (κ3) is 2.03. The number of rotatable bonds is 3. The van der Waals surface area contributed by atoms with Crippen molar-refractivity contribution in [3.63, 3.8) is 0 Å². The molecule has 3 rings (SSSR count). The van der Waals surface area contributed by atoms with Crippen molar-refractivity contribution in [3.05, 3.63) is 42.5 Å². The van der Waals surface area contributed by atoms with Gasteiger partial charge in [-0.25, -0.2) is 9.67 Å². The van der Waals surface area contributed by atoms with Crippen molar-refractivity contribution in [2.24, 2.45) is 0 Å². The van der Waals surface area contributed by atoms with E-state index in [9.17, 15) is 0 Å². The maximum atomic E-state index is 4.06. The van der Waals surface area contributed by atoms with Gasteiger partial charge in [0.05, 0.1) is 12.1 Å². The standard InChI is InChI=1S/C10H9N7/c1-3-9(10-13-15-16-14-10)4-2-8(1)5-17-7-11-6-12-17/h1-4,6-7H,5H2,(H,13,14,15,16)/p+1. The van der Waals surface area contributed by atoms with Crippen LogP contribution in [0.1, 0.15) is 5.56 Å². The molecule has 0 aliphatic rings. The molecule has 7 nitrogen and oxygen atoms in total. The Morgan fingerprint density at radius 3 is 2.76 bits per heavy atom. The van der Waals surface area contributed by atoms with Crippen molar-refractivity contribution < 1.29 is 5.10 Å². The van der Waals surface area contributed by atoms with Gasteiger partial charge in [-0.2, -0.15) is 10.2 Å². The Morgan fingerprint density at radius 2 is 2.12 bits per heavy atom. The summed E-state index contributed by atoms with van der Waals surface area (Å²) in [6, 6.07) is 8.03. The Bertz CT molecular complexity index is 568. The molecule has 0 aliphatic carbocycles. The summed E-state index contributed by atoms with van der Waals surface area (Å²) in [6.07, 6.45) is 3.22. The number of H-pyrrole nitrogens is 2. The van der Waals surface area contributed by atoms with E-state index in [0.29, 0.717) is 6.54 Å². The van der Waals surface area contributed by atoms with Crippen LogP contribution in [0.25, 0.3) is 11.4 Å². The molecule has 84 valence electrons. The maximum absolute atomic E-state index is 4.06. The van der Waals surface area contributed by atoms with Gasteiger partial charge in [-0.05, 0) is 17.7 Å². The van der Waals surface area contributed by atoms with Gasteiger partial charge in [0.1, 0.15) is 17.8 Å². The van der Waals surface area contributed by atoms with Crippen LogP contribution >= 0.6 is 0 Å². The van der Waals surface area contributed by atoms with E-state index in [1.807, 2.05) is 24.3 Å². The first-order valence-electron chi connectivity index (χ1n) is 5.12. The molecule has 1 aromatic carbocycles. The number of aromatic nitrogens is 7. The molecule has 0 aliphatic heterocycles. The van der Waals surface area contributed by atoms with Crippen molar-refractivity contribution in [3.8, 4) is 11.4 Å². The summed E-state index contributed by atoms with van der Waals surface area (Å²) < 4.78 is 1.78. The molecule has 2 heterocycles. The lowest BCUT2D eigenvalue weighted by molar-refractivity contribution is -0.444. The van der Waals surface area contributed by atoms with Crippen molar-refractivity contribution in [1.29, 1.82) is 0 Å². The Morgan fingerprint density at radius 1 is 1.24 bits per heavy atom. The monoisotopic (exact) mass is 228 g/mol. The Balaban J connectivity index is 1.81. The van der Waals surface area contributed by atoms with Gasteiger partial charge in [-0.1, -0.05) is 17.3 Å². The van der Waals surface area contributed by atoms with E-state index >= 15 is 0 Å². The van der Waals surface area contributed by atoms with Gasteiger partial charge in [0.2, 0.25) is 0 Å².